The molecule has 1 amide bonds. The van der Waals surface area contributed by atoms with Crippen molar-refractivity contribution >= 4 is 38.6 Å². The molecular formula is C11H8F6INO4S. The highest BCUT2D eigenvalue weighted by atomic mass is 127. The normalized spacial score (nSPS) is 13.7. The molecule has 0 spiro atoms. The predicted octanol–water partition coefficient (Wildman–Crippen LogP) is 2.77. The Balaban J connectivity index is 3.48. The molecule has 5 nitrogen and oxygen atoms in total. The summed E-state index contributed by atoms with van der Waals surface area (Å²) in [4.78, 5) is 11.9. The Hall–Kier alpha value is -1.09. The van der Waals surface area contributed by atoms with Crippen molar-refractivity contribution in [2.75, 3.05) is 5.75 Å². The topological polar surface area (TPSA) is 83.5 Å². The third kappa shape index (κ3) is 4.50. The van der Waals surface area contributed by atoms with Crippen molar-refractivity contribution in [2.24, 2.45) is 0 Å². The third-order valence-electron chi connectivity index (χ3n) is 2.81. The Morgan fingerprint density at radius 1 is 1.08 bits per heavy atom. The molecule has 0 fully saturated rings. The second kappa shape index (κ2) is 6.67. The highest BCUT2D eigenvalue weighted by Crippen LogP contribution is 2.44. The van der Waals surface area contributed by atoms with Crippen LogP contribution < -0.4 is 5.32 Å². The Kier molecular flexibility index (Phi) is 5.82. The third-order valence-corrected chi connectivity index (χ3v) is 4.55. The fraction of sp³-hybridized carbons (Fsp3) is 0.364. The summed E-state index contributed by atoms with van der Waals surface area (Å²) in [5.74, 6) is -4.60. The van der Waals surface area contributed by atoms with E-state index in [4.69, 9.17) is 4.55 Å². The summed E-state index contributed by atoms with van der Waals surface area (Å²) >= 11 is 1.51. The highest BCUT2D eigenvalue weighted by molar-refractivity contribution is 14.1. The van der Waals surface area contributed by atoms with Crippen LogP contribution in [0.25, 0.3) is 0 Å². The lowest BCUT2D eigenvalue weighted by atomic mass is 9.99. The van der Waals surface area contributed by atoms with Gasteiger partial charge in [0.2, 0.25) is 5.54 Å². The number of hydrogen-bond donors (Lipinski definition) is 2. The van der Waals surface area contributed by atoms with Crippen LogP contribution in [0.2, 0.25) is 0 Å². The summed E-state index contributed by atoms with van der Waals surface area (Å²) in [6.45, 7) is 0. The molecule has 0 saturated carbocycles. The van der Waals surface area contributed by atoms with E-state index in [1.54, 1.807) is 0 Å². The second-order valence-electron chi connectivity index (χ2n) is 4.56. The number of carbonyl (C=O) groups excluding carboxylic acids is 1. The van der Waals surface area contributed by atoms with Crippen molar-refractivity contribution in [3.05, 3.63) is 33.4 Å². The molecule has 0 aliphatic carbocycles. The number of alkyl halides is 6. The Morgan fingerprint density at radius 3 is 1.92 bits per heavy atom. The number of halogens is 7. The molecule has 0 aliphatic rings. The SMILES string of the molecule is O=C(NC(CS(=O)(=O)O)(C(F)(F)F)C(F)(F)F)c1ccccc1I. The summed E-state index contributed by atoms with van der Waals surface area (Å²) in [7, 11) is -5.74. The van der Waals surface area contributed by atoms with Crippen molar-refractivity contribution < 1.29 is 44.1 Å². The first-order valence-corrected chi connectivity index (χ1v) is 8.45. The van der Waals surface area contributed by atoms with Crippen molar-refractivity contribution in [2.45, 2.75) is 17.9 Å². The quantitative estimate of drug-likeness (QED) is 0.386. The maximum atomic E-state index is 13.1. The molecule has 0 unspecified atom stereocenters. The van der Waals surface area contributed by atoms with Crippen LogP contribution in [-0.2, 0) is 10.1 Å². The lowest BCUT2D eigenvalue weighted by Gasteiger charge is -2.36. The van der Waals surface area contributed by atoms with E-state index in [1.165, 1.54) is 40.8 Å². The van der Waals surface area contributed by atoms with E-state index < -0.39 is 45.2 Å². The fourth-order valence-corrected chi connectivity index (χ4v) is 3.26. The first-order valence-electron chi connectivity index (χ1n) is 5.76. The van der Waals surface area contributed by atoms with Gasteiger partial charge in [-0.2, -0.15) is 34.8 Å². The van der Waals surface area contributed by atoms with E-state index in [9.17, 15) is 39.6 Å². The van der Waals surface area contributed by atoms with E-state index in [2.05, 4.69) is 0 Å². The Bertz CT molecular complexity index is 717. The minimum absolute atomic E-state index is 0.0395. The van der Waals surface area contributed by atoms with Crippen LogP contribution in [-0.4, -0.2) is 42.5 Å². The van der Waals surface area contributed by atoms with Crippen molar-refractivity contribution in [1.82, 2.24) is 5.32 Å². The van der Waals surface area contributed by atoms with Crippen molar-refractivity contribution in [3.8, 4) is 0 Å². The lowest BCUT2D eigenvalue weighted by molar-refractivity contribution is -0.296. The largest absolute Gasteiger partial charge is 0.421 e. The molecular weight excluding hydrogens is 483 g/mol. The van der Waals surface area contributed by atoms with Crippen LogP contribution in [0.5, 0.6) is 0 Å². The van der Waals surface area contributed by atoms with Gasteiger partial charge in [0.1, 0.15) is 5.75 Å². The van der Waals surface area contributed by atoms with Crippen LogP contribution in [0.4, 0.5) is 26.3 Å². The molecule has 0 radical (unpaired) electrons. The molecule has 13 heteroatoms. The van der Waals surface area contributed by atoms with Crippen LogP contribution in [0.1, 0.15) is 10.4 Å². The van der Waals surface area contributed by atoms with E-state index in [0.29, 0.717) is 5.32 Å². The van der Waals surface area contributed by atoms with Gasteiger partial charge in [-0.1, -0.05) is 12.1 Å². The lowest BCUT2D eigenvalue weighted by Crippen LogP contribution is -2.70. The number of amides is 1. The zero-order chi connectivity index (χ0) is 19.0. The van der Waals surface area contributed by atoms with Gasteiger partial charge in [0.15, 0.2) is 0 Å². The molecule has 0 heterocycles. The van der Waals surface area contributed by atoms with Crippen LogP contribution >= 0.6 is 22.6 Å². The van der Waals surface area contributed by atoms with Gasteiger partial charge in [-0.05, 0) is 34.7 Å². The molecule has 1 aromatic rings. The first-order chi connectivity index (χ1) is 10.6. The number of carbonyl (C=O) groups is 1. The average Bonchev–Trinajstić information content (AvgIpc) is 2.33. The standard InChI is InChI=1S/C11H8F6INO4S/c12-10(13,14)9(11(15,16)17,5-24(21,22)23)19-8(20)6-3-1-2-4-7(6)18/h1-4H,5H2,(H,19,20)(H,21,22,23). The van der Waals surface area contributed by atoms with Gasteiger partial charge >= 0.3 is 12.4 Å². The van der Waals surface area contributed by atoms with Crippen molar-refractivity contribution in [3.63, 3.8) is 0 Å². The van der Waals surface area contributed by atoms with Gasteiger partial charge in [0.05, 0.1) is 5.56 Å². The maximum absolute atomic E-state index is 13.1. The molecule has 2 N–H and O–H groups in total. The monoisotopic (exact) mass is 491 g/mol. The molecule has 136 valence electrons. The smallest absolute Gasteiger partial charge is 0.329 e. The number of benzene rings is 1. The fourth-order valence-electron chi connectivity index (χ4n) is 1.68. The molecule has 1 rings (SSSR count). The number of rotatable bonds is 4. The van der Waals surface area contributed by atoms with Gasteiger partial charge in [0.25, 0.3) is 16.0 Å². The second-order valence-corrected chi connectivity index (χ2v) is 7.18. The molecule has 0 aromatic heterocycles. The molecule has 24 heavy (non-hydrogen) atoms. The van der Waals surface area contributed by atoms with Crippen LogP contribution in [0.15, 0.2) is 24.3 Å². The summed E-state index contributed by atoms with van der Waals surface area (Å²) in [6, 6.07) is 4.80. The van der Waals surface area contributed by atoms with Crippen LogP contribution in [0, 0.1) is 3.57 Å². The van der Waals surface area contributed by atoms with E-state index in [0.717, 1.165) is 6.07 Å². The van der Waals surface area contributed by atoms with Gasteiger partial charge in [-0.15, -0.1) is 0 Å². The van der Waals surface area contributed by atoms with Crippen molar-refractivity contribution in [1.29, 1.82) is 0 Å². The maximum Gasteiger partial charge on any atom is 0.421 e. The van der Waals surface area contributed by atoms with Gasteiger partial charge < -0.3 is 5.32 Å². The summed E-state index contributed by atoms with van der Waals surface area (Å²) in [5.41, 5.74) is -5.69. The van der Waals surface area contributed by atoms with Crippen LogP contribution in [0.3, 0.4) is 0 Å². The molecule has 1 aromatic carbocycles. The molecule has 0 saturated heterocycles. The molecule has 0 atom stereocenters. The summed E-state index contributed by atoms with van der Waals surface area (Å²) in [5, 5.41) is 0.691. The highest BCUT2D eigenvalue weighted by Gasteiger charge is 2.73. The van der Waals surface area contributed by atoms with E-state index in [1.807, 2.05) is 0 Å². The minimum atomic E-state index is -6.24. The van der Waals surface area contributed by atoms with E-state index in [-0.39, 0.29) is 3.57 Å². The summed E-state index contributed by atoms with van der Waals surface area (Å²) in [6.07, 6.45) is -12.5. The predicted molar refractivity (Wildman–Crippen MR) is 77.9 cm³/mol. The van der Waals surface area contributed by atoms with E-state index >= 15 is 0 Å². The number of hydrogen-bond acceptors (Lipinski definition) is 3. The van der Waals surface area contributed by atoms with Gasteiger partial charge in [-0.25, -0.2) is 0 Å². The minimum Gasteiger partial charge on any atom is -0.329 e. The first kappa shape index (κ1) is 21.0. The van der Waals surface area contributed by atoms with Gasteiger partial charge in [-0.3, -0.25) is 9.35 Å². The number of nitrogens with one attached hydrogen (secondary N) is 1. The zero-order valence-corrected chi connectivity index (χ0v) is 14.2. The molecule has 0 bridgehead atoms. The Morgan fingerprint density at radius 2 is 1.54 bits per heavy atom. The molecule has 0 aliphatic heterocycles. The van der Waals surface area contributed by atoms with Gasteiger partial charge in [0, 0.05) is 3.57 Å². The average molecular weight is 491 g/mol. The zero-order valence-electron chi connectivity index (χ0n) is 11.2. The summed E-state index contributed by atoms with van der Waals surface area (Å²) < 4.78 is 108. The Labute approximate surface area is 145 Å².